The average molecular weight is 598 g/mol. The number of hydrogen-bond acceptors (Lipinski definition) is 4. The summed E-state index contributed by atoms with van der Waals surface area (Å²) < 4.78 is 29.0. The molecule has 0 heterocycles. The van der Waals surface area contributed by atoms with Crippen LogP contribution in [0.25, 0.3) is 0 Å². The van der Waals surface area contributed by atoms with Gasteiger partial charge in [0.15, 0.2) is 0 Å². The van der Waals surface area contributed by atoms with Crippen LogP contribution in [-0.4, -0.2) is 49.8 Å². The molecule has 0 fully saturated rings. The van der Waals surface area contributed by atoms with Gasteiger partial charge in [-0.1, -0.05) is 72.6 Å². The molecule has 0 aliphatic rings. The van der Waals surface area contributed by atoms with Gasteiger partial charge < -0.3 is 10.2 Å². The molecule has 0 unspecified atom stereocenters. The molecular formula is C32H40ClN3O4S. The topological polar surface area (TPSA) is 86.8 Å². The normalized spacial score (nSPS) is 12.5. The first kappa shape index (κ1) is 32.2. The molecule has 3 aromatic carbocycles. The molecule has 0 radical (unpaired) electrons. The SMILES string of the molecule is CC[C@@H](C(=O)NC(C)(C)C)N(CCc1ccccc1)C(=O)CN(c1ccc(C)c(Cl)c1)S(=O)(=O)c1ccc(C)cc1. The summed E-state index contributed by atoms with van der Waals surface area (Å²) in [7, 11) is -4.15. The first-order valence-electron chi connectivity index (χ1n) is 13.7. The van der Waals surface area contributed by atoms with E-state index in [4.69, 9.17) is 11.6 Å². The Balaban J connectivity index is 2.04. The first-order chi connectivity index (χ1) is 19.2. The van der Waals surface area contributed by atoms with Crippen molar-refractivity contribution in [2.24, 2.45) is 0 Å². The van der Waals surface area contributed by atoms with E-state index in [1.54, 1.807) is 30.3 Å². The van der Waals surface area contributed by atoms with Crippen LogP contribution in [0.2, 0.25) is 5.02 Å². The first-order valence-corrected chi connectivity index (χ1v) is 15.6. The molecule has 3 aromatic rings. The van der Waals surface area contributed by atoms with Gasteiger partial charge in [0.2, 0.25) is 11.8 Å². The Kier molecular flexibility index (Phi) is 10.6. The van der Waals surface area contributed by atoms with Gasteiger partial charge in [0.1, 0.15) is 12.6 Å². The third-order valence-electron chi connectivity index (χ3n) is 6.70. The summed E-state index contributed by atoms with van der Waals surface area (Å²) in [4.78, 5) is 29.0. The van der Waals surface area contributed by atoms with Crippen molar-refractivity contribution in [3.63, 3.8) is 0 Å². The van der Waals surface area contributed by atoms with Crippen molar-refractivity contribution in [3.8, 4) is 0 Å². The van der Waals surface area contributed by atoms with Crippen molar-refractivity contribution < 1.29 is 18.0 Å². The van der Waals surface area contributed by atoms with Crippen molar-refractivity contribution in [1.29, 1.82) is 0 Å². The molecule has 0 bridgehead atoms. The molecule has 7 nitrogen and oxygen atoms in total. The van der Waals surface area contributed by atoms with Gasteiger partial charge in [-0.2, -0.15) is 0 Å². The van der Waals surface area contributed by atoms with Gasteiger partial charge in [0.25, 0.3) is 10.0 Å². The number of anilines is 1. The summed E-state index contributed by atoms with van der Waals surface area (Å²) in [5.41, 5.74) is 2.46. The molecule has 2 amide bonds. The summed E-state index contributed by atoms with van der Waals surface area (Å²) in [6.07, 6.45) is 0.871. The Morgan fingerprint density at radius 1 is 0.951 bits per heavy atom. The second-order valence-corrected chi connectivity index (χ2v) is 13.5. The highest BCUT2D eigenvalue weighted by molar-refractivity contribution is 7.92. The lowest BCUT2D eigenvalue weighted by Gasteiger charge is -2.34. The van der Waals surface area contributed by atoms with E-state index < -0.39 is 34.1 Å². The number of rotatable bonds is 11. The zero-order valence-corrected chi connectivity index (χ0v) is 26.2. The quantitative estimate of drug-likeness (QED) is 0.297. The Morgan fingerprint density at radius 3 is 2.15 bits per heavy atom. The molecule has 9 heteroatoms. The van der Waals surface area contributed by atoms with E-state index in [1.165, 1.54) is 17.0 Å². The summed E-state index contributed by atoms with van der Waals surface area (Å²) in [5, 5.41) is 3.37. The van der Waals surface area contributed by atoms with E-state index in [0.717, 1.165) is 21.0 Å². The number of sulfonamides is 1. The fraction of sp³-hybridized carbons (Fsp3) is 0.375. The fourth-order valence-corrected chi connectivity index (χ4v) is 6.03. The van der Waals surface area contributed by atoms with Gasteiger partial charge in [-0.25, -0.2) is 8.42 Å². The summed E-state index contributed by atoms with van der Waals surface area (Å²) >= 11 is 6.40. The second kappa shape index (κ2) is 13.5. The largest absolute Gasteiger partial charge is 0.350 e. The zero-order valence-electron chi connectivity index (χ0n) is 24.6. The van der Waals surface area contributed by atoms with Crippen LogP contribution >= 0.6 is 11.6 Å². The Hall–Kier alpha value is -3.36. The van der Waals surface area contributed by atoms with E-state index in [0.29, 0.717) is 17.9 Å². The van der Waals surface area contributed by atoms with E-state index in [9.17, 15) is 18.0 Å². The third-order valence-corrected chi connectivity index (χ3v) is 8.89. The standard InChI is InChI=1S/C32H40ClN3O4S/c1-7-29(31(38)34-32(4,5)6)35(20-19-25-11-9-8-10-12-25)30(37)22-36(26-16-15-24(3)28(33)21-26)41(39,40)27-17-13-23(2)14-18-27/h8-18,21,29H,7,19-20,22H2,1-6H3,(H,34,38)/t29-/m0/s1. The van der Waals surface area contributed by atoms with Crippen molar-refractivity contribution in [1.82, 2.24) is 10.2 Å². The minimum Gasteiger partial charge on any atom is -0.350 e. The minimum atomic E-state index is -4.15. The van der Waals surface area contributed by atoms with Crippen LogP contribution in [0.15, 0.2) is 77.7 Å². The Morgan fingerprint density at radius 2 is 1.59 bits per heavy atom. The molecule has 0 saturated carbocycles. The van der Waals surface area contributed by atoms with Crippen LogP contribution in [0, 0.1) is 13.8 Å². The predicted octanol–water partition coefficient (Wildman–Crippen LogP) is 5.92. The molecular weight excluding hydrogens is 558 g/mol. The lowest BCUT2D eigenvalue weighted by molar-refractivity contribution is -0.140. The summed E-state index contributed by atoms with van der Waals surface area (Å²) in [6, 6.07) is 20.3. The van der Waals surface area contributed by atoms with Crippen LogP contribution in [0.1, 0.15) is 50.8 Å². The molecule has 0 spiro atoms. The minimum absolute atomic E-state index is 0.0564. The zero-order chi connectivity index (χ0) is 30.4. The number of benzene rings is 3. The van der Waals surface area contributed by atoms with E-state index >= 15 is 0 Å². The number of nitrogens with zero attached hydrogens (tertiary/aromatic N) is 2. The lowest BCUT2D eigenvalue weighted by atomic mass is 10.1. The van der Waals surface area contributed by atoms with E-state index in [1.807, 2.05) is 71.9 Å². The van der Waals surface area contributed by atoms with Gasteiger partial charge >= 0.3 is 0 Å². The number of carbonyl (C=O) groups is 2. The highest BCUT2D eigenvalue weighted by atomic mass is 35.5. The molecule has 41 heavy (non-hydrogen) atoms. The molecule has 0 aromatic heterocycles. The fourth-order valence-electron chi connectivity index (χ4n) is 4.45. The maximum absolute atomic E-state index is 14.1. The van der Waals surface area contributed by atoms with E-state index in [-0.39, 0.29) is 23.0 Å². The highest BCUT2D eigenvalue weighted by Gasteiger charge is 2.34. The number of halogens is 1. The van der Waals surface area contributed by atoms with Crippen molar-refractivity contribution in [2.45, 2.75) is 70.9 Å². The maximum Gasteiger partial charge on any atom is 0.264 e. The van der Waals surface area contributed by atoms with Gasteiger partial charge in [-0.05, 0) is 82.9 Å². The number of amides is 2. The van der Waals surface area contributed by atoms with Gasteiger partial charge in [0.05, 0.1) is 10.6 Å². The number of hydrogen-bond donors (Lipinski definition) is 1. The molecule has 1 N–H and O–H groups in total. The van der Waals surface area contributed by atoms with Crippen LogP contribution < -0.4 is 9.62 Å². The predicted molar refractivity (Wildman–Crippen MR) is 166 cm³/mol. The monoisotopic (exact) mass is 597 g/mol. The smallest absolute Gasteiger partial charge is 0.264 e. The molecule has 0 saturated heterocycles. The molecule has 1 atom stereocenters. The lowest BCUT2D eigenvalue weighted by Crippen LogP contribution is -2.56. The average Bonchev–Trinajstić information content (AvgIpc) is 2.90. The number of aryl methyl sites for hydroxylation is 2. The van der Waals surface area contributed by atoms with Crippen LogP contribution in [0.3, 0.4) is 0 Å². The summed E-state index contributed by atoms with van der Waals surface area (Å²) in [6.45, 7) is 10.9. The van der Waals surface area contributed by atoms with E-state index in [2.05, 4.69) is 5.32 Å². The number of carbonyl (C=O) groups excluding carboxylic acids is 2. The summed E-state index contributed by atoms with van der Waals surface area (Å²) in [5.74, 6) is -0.767. The highest BCUT2D eigenvalue weighted by Crippen LogP contribution is 2.29. The van der Waals surface area contributed by atoms with Gasteiger partial charge in [-0.3, -0.25) is 13.9 Å². The van der Waals surface area contributed by atoms with Crippen LogP contribution in [-0.2, 0) is 26.0 Å². The van der Waals surface area contributed by atoms with Crippen LogP contribution in [0.5, 0.6) is 0 Å². The van der Waals surface area contributed by atoms with Crippen molar-refractivity contribution >= 4 is 39.1 Å². The van der Waals surface area contributed by atoms with Crippen LogP contribution in [0.4, 0.5) is 5.69 Å². The van der Waals surface area contributed by atoms with Crippen molar-refractivity contribution in [2.75, 3.05) is 17.4 Å². The Bertz CT molecular complexity index is 1450. The Labute approximate surface area is 249 Å². The molecule has 3 rings (SSSR count). The maximum atomic E-state index is 14.1. The molecule has 0 aliphatic heterocycles. The number of nitrogens with one attached hydrogen (secondary N) is 1. The van der Waals surface area contributed by atoms with Gasteiger partial charge in [0, 0.05) is 17.1 Å². The van der Waals surface area contributed by atoms with Crippen molar-refractivity contribution in [3.05, 3.63) is 94.5 Å². The molecule has 220 valence electrons. The molecule has 0 aliphatic carbocycles. The third kappa shape index (κ3) is 8.57. The van der Waals surface area contributed by atoms with Gasteiger partial charge in [-0.15, -0.1) is 0 Å². The second-order valence-electron chi connectivity index (χ2n) is 11.2.